The first-order valence-electron chi connectivity index (χ1n) is 7.72. The highest BCUT2D eigenvalue weighted by Gasteiger charge is 2.42. The van der Waals surface area contributed by atoms with Crippen LogP contribution in [0.3, 0.4) is 0 Å². The van der Waals surface area contributed by atoms with Gasteiger partial charge in [-0.1, -0.05) is 39.3 Å². The lowest BCUT2D eigenvalue weighted by Crippen LogP contribution is -2.58. The molecule has 0 aliphatic carbocycles. The summed E-state index contributed by atoms with van der Waals surface area (Å²) in [5.74, 6) is -2.64. The Morgan fingerprint density at radius 3 is 2.27 bits per heavy atom. The van der Waals surface area contributed by atoms with Gasteiger partial charge in [-0.25, -0.2) is 4.79 Å². The maximum absolute atomic E-state index is 12.2. The standard InChI is InChI=1S/C17H25NO4/c1-4-6-7-13-8-10-14(11-9-13)15(19)18-17(22,16(20)21)12(3)5-2/h8-12,22H,4-7H2,1-3H3,(H,18,19)(H,20,21)/t12-,17+/m0/s1. The molecular weight excluding hydrogens is 282 g/mol. The van der Waals surface area contributed by atoms with E-state index in [0.29, 0.717) is 12.0 Å². The van der Waals surface area contributed by atoms with Crippen LogP contribution in [-0.2, 0) is 11.2 Å². The van der Waals surface area contributed by atoms with E-state index < -0.39 is 23.5 Å². The normalized spacial score (nSPS) is 14.9. The van der Waals surface area contributed by atoms with Crippen molar-refractivity contribution in [2.75, 3.05) is 0 Å². The molecule has 0 unspecified atom stereocenters. The van der Waals surface area contributed by atoms with Crippen molar-refractivity contribution in [3.63, 3.8) is 0 Å². The van der Waals surface area contributed by atoms with Gasteiger partial charge in [-0.05, 0) is 37.0 Å². The molecular formula is C17H25NO4. The second-order valence-electron chi connectivity index (χ2n) is 5.64. The van der Waals surface area contributed by atoms with Crippen LogP contribution in [0.4, 0.5) is 0 Å². The lowest BCUT2D eigenvalue weighted by atomic mass is 9.94. The molecule has 0 radical (unpaired) electrons. The molecule has 1 aromatic rings. The van der Waals surface area contributed by atoms with Crippen molar-refractivity contribution in [3.8, 4) is 0 Å². The average molecular weight is 307 g/mol. The van der Waals surface area contributed by atoms with E-state index in [9.17, 15) is 19.8 Å². The van der Waals surface area contributed by atoms with E-state index in [1.807, 2.05) is 12.1 Å². The average Bonchev–Trinajstić information content (AvgIpc) is 2.52. The molecule has 0 saturated carbocycles. The number of hydrogen-bond donors (Lipinski definition) is 3. The van der Waals surface area contributed by atoms with Gasteiger partial charge in [0.15, 0.2) is 0 Å². The molecule has 0 aliphatic rings. The summed E-state index contributed by atoms with van der Waals surface area (Å²) in [5, 5.41) is 21.7. The quantitative estimate of drug-likeness (QED) is 0.644. The van der Waals surface area contributed by atoms with Crippen molar-refractivity contribution in [1.29, 1.82) is 0 Å². The fourth-order valence-corrected chi connectivity index (χ4v) is 2.13. The summed E-state index contributed by atoms with van der Waals surface area (Å²) in [6, 6.07) is 7.01. The Balaban J connectivity index is 2.84. The Labute approximate surface area is 131 Å². The Kier molecular flexibility index (Phi) is 6.56. The summed E-state index contributed by atoms with van der Waals surface area (Å²) in [4.78, 5) is 23.5. The first-order valence-corrected chi connectivity index (χ1v) is 7.72. The number of aliphatic carboxylic acids is 1. The van der Waals surface area contributed by atoms with E-state index in [-0.39, 0.29) is 0 Å². The molecule has 1 rings (SSSR count). The highest BCUT2D eigenvalue weighted by molar-refractivity contribution is 5.97. The van der Waals surface area contributed by atoms with Gasteiger partial charge in [0, 0.05) is 11.5 Å². The molecule has 3 N–H and O–H groups in total. The van der Waals surface area contributed by atoms with Crippen LogP contribution in [0.5, 0.6) is 0 Å². The number of benzene rings is 1. The van der Waals surface area contributed by atoms with Crippen LogP contribution in [0.15, 0.2) is 24.3 Å². The van der Waals surface area contributed by atoms with Crippen LogP contribution < -0.4 is 5.32 Å². The number of unbranched alkanes of at least 4 members (excludes halogenated alkanes) is 1. The zero-order chi connectivity index (χ0) is 16.8. The van der Waals surface area contributed by atoms with Crippen LogP contribution in [0.1, 0.15) is 56.0 Å². The number of aryl methyl sites for hydroxylation is 1. The minimum Gasteiger partial charge on any atom is -0.478 e. The molecule has 1 amide bonds. The van der Waals surface area contributed by atoms with Crippen molar-refractivity contribution in [2.24, 2.45) is 5.92 Å². The fourth-order valence-electron chi connectivity index (χ4n) is 2.13. The van der Waals surface area contributed by atoms with Crippen molar-refractivity contribution >= 4 is 11.9 Å². The van der Waals surface area contributed by atoms with Crippen molar-refractivity contribution < 1.29 is 19.8 Å². The molecule has 0 aliphatic heterocycles. The lowest BCUT2D eigenvalue weighted by molar-refractivity contribution is -0.167. The molecule has 0 saturated heterocycles. The number of amides is 1. The van der Waals surface area contributed by atoms with Gasteiger partial charge in [0.25, 0.3) is 5.91 Å². The molecule has 122 valence electrons. The van der Waals surface area contributed by atoms with Gasteiger partial charge < -0.3 is 15.5 Å². The topological polar surface area (TPSA) is 86.6 Å². The first kappa shape index (κ1) is 18.2. The third-order valence-corrected chi connectivity index (χ3v) is 3.99. The molecule has 5 heteroatoms. The van der Waals surface area contributed by atoms with Crippen LogP contribution in [0, 0.1) is 5.92 Å². The maximum atomic E-state index is 12.2. The van der Waals surface area contributed by atoms with Gasteiger partial charge in [0.1, 0.15) is 0 Å². The van der Waals surface area contributed by atoms with Crippen LogP contribution in [-0.4, -0.2) is 27.8 Å². The molecule has 0 spiro atoms. The van der Waals surface area contributed by atoms with Gasteiger partial charge in [-0.3, -0.25) is 4.79 Å². The van der Waals surface area contributed by atoms with E-state index in [1.54, 1.807) is 26.0 Å². The van der Waals surface area contributed by atoms with Crippen LogP contribution in [0.2, 0.25) is 0 Å². The molecule has 0 heterocycles. The number of carboxylic acids is 1. The Morgan fingerprint density at radius 1 is 1.23 bits per heavy atom. The van der Waals surface area contributed by atoms with E-state index in [4.69, 9.17) is 0 Å². The Morgan fingerprint density at radius 2 is 1.82 bits per heavy atom. The third kappa shape index (κ3) is 4.31. The predicted octanol–water partition coefficient (Wildman–Crippen LogP) is 2.58. The van der Waals surface area contributed by atoms with Crippen molar-refractivity contribution in [3.05, 3.63) is 35.4 Å². The van der Waals surface area contributed by atoms with Gasteiger partial charge in [-0.15, -0.1) is 0 Å². The number of aliphatic hydroxyl groups is 1. The van der Waals surface area contributed by atoms with Gasteiger partial charge in [0.2, 0.25) is 5.72 Å². The lowest BCUT2D eigenvalue weighted by Gasteiger charge is -2.30. The first-order chi connectivity index (χ1) is 10.3. The maximum Gasteiger partial charge on any atom is 0.357 e. The smallest absolute Gasteiger partial charge is 0.357 e. The molecule has 2 atom stereocenters. The number of nitrogens with one attached hydrogen (secondary N) is 1. The zero-order valence-electron chi connectivity index (χ0n) is 13.4. The minimum atomic E-state index is -2.26. The second-order valence-corrected chi connectivity index (χ2v) is 5.64. The SMILES string of the molecule is CCCCc1ccc(C(=O)N[C@](O)(C(=O)O)[C@@H](C)CC)cc1. The van der Waals surface area contributed by atoms with Crippen LogP contribution in [0.25, 0.3) is 0 Å². The van der Waals surface area contributed by atoms with Crippen molar-refractivity contribution in [2.45, 2.75) is 52.2 Å². The van der Waals surface area contributed by atoms with E-state index >= 15 is 0 Å². The number of carbonyl (C=O) groups excluding carboxylic acids is 1. The summed E-state index contributed by atoms with van der Waals surface area (Å²) < 4.78 is 0. The molecule has 0 aromatic heterocycles. The largest absolute Gasteiger partial charge is 0.478 e. The summed E-state index contributed by atoms with van der Waals surface area (Å²) in [6.07, 6.45) is 3.56. The van der Waals surface area contributed by atoms with E-state index in [0.717, 1.165) is 24.8 Å². The number of rotatable bonds is 8. The Bertz CT molecular complexity index is 512. The second kappa shape index (κ2) is 7.94. The number of carboxylic acid groups (broad SMARTS) is 1. The number of hydrogen-bond acceptors (Lipinski definition) is 3. The highest BCUT2D eigenvalue weighted by Crippen LogP contribution is 2.19. The summed E-state index contributed by atoms with van der Waals surface area (Å²) in [6.45, 7) is 5.46. The highest BCUT2D eigenvalue weighted by atomic mass is 16.4. The van der Waals surface area contributed by atoms with Crippen LogP contribution >= 0.6 is 0 Å². The van der Waals surface area contributed by atoms with Crippen molar-refractivity contribution in [1.82, 2.24) is 5.32 Å². The Hall–Kier alpha value is -1.88. The zero-order valence-corrected chi connectivity index (χ0v) is 13.4. The monoisotopic (exact) mass is 307 g/mol. The van der Waals surface area contributed by atoms with E-state index in [2.05, 4.69) is 12.2 Å². The molecule has 22 heavy (non-hydrogen) atoms. The molecule has 0 fully saturated rings. The molecule has 5 nitrogen and oxygen atoms in total. The minimum absolute atomic E-state index is 0.336. The van der Waals surface area contributed by atoms with Gasteiger partial charge in [-0.2, -0.15) is 0 Å². The van der Waals surface area contributed by atoms with E-state index in [1.165, 1.54) is 0 Å². The van der Waals surface area contributed by atoms with Gasteiger partial charge in [0.05, 0.1) is 0 Å². The summed E-state index contributed by atoms with van der Waals surface area (Å²) in [5.41, 5.74) is -0.788. The van der Waals surface area contributed by atoms with Gasteiger partial charge >= 0.3 is 5.97 Å². The molecule has 0 bridgehead atoms. The fraction of sp³-hybridized carbons (Fsp3) is 0.529. The third-order valence-electron chi connectivity index (χ3n) is 3.99. The molecule has 1 aromatic carbocycles. The summed E-state index contributed by atoms with van der Waals surface area (Å²) in [7, 11) is 0. The summed E-state index contributed by atoms with van der Waals surface area (Å²) >= 11 is 0. The predicted molar refractivity (Wildman–Crippen MR) is 84.6 cm³/mol. The number of carbonyl (C=O) groups is 2.